The first kappa shape index (κ1) is 14.5. The van der Waals surface area contributed by atoms with Gasteiger partial charge in [0, 0.05) is 24.2 Å². The van der Waals surface area contributed by atoms with E-state index < -0.39 is 0 Å². The van der Waals surface area contributed by atoms with Gasteiger partial charge in [-0.2, -0.15) is 5.10 Å². The second-order valence-electron chi connectivity index (χ2n) is 4.66. The van der Waals surface area contributed by atoms with E-state index >= 15 is 0 Å². The standard InChI is InChI=1S/C14H19FN4O/c1-3-6-19-14(17-9-18-19)8-20-11-4-5-12(10(2)16)13(15)7-11/h4-5,7,9-10H,3,6,8,16H2,1-2H3/t10-/m0/s1. The third kappa shape index (κ3) is 3.33. The van der Waals surface area contributed by atoms with Gasteiger partial charge < -0.3 is 10.5 Å². The van der Waals surface area contributed by atoms with Crippen LogP contribution in [-0.2, 0) is 13.2 Å². The normalized spacial score (nSPS) is 12.4. The maximum atomic E-state index is 13.8. The maximum absolute atomic E-state index is 13.8. The SMILES string of the molecule is CCCn1ncnc1COc1ccc([C@H](C)N)c(F)c1. The molecule has 0 spiro atoms. The fourth-order valence-electron chi connectivity index (χ4n) is 1.91. The van der Waals surface area contributed by atoms with Crippen LogP contribution in [0.25, 0.3) is 0 Å². The molecular weight excluding hydrogens is 259 g/mol. The molecule has 0 saturated heterocycles. The average molecular weight is 278 g/mol. The van der Waals surface area contributed by atoms with Crippen LogP contribution in [0.4, 0.5) is 4.39 Å². The van der Waals surface area contributed by atoms with Crippen molar-refractivity contribution >= 4 is 0 Å². The van der Waals surface area contributed by atoms with Gasteiger partial charge in [-0.15, -0.1) is 0 Å². The number of hydrogen-bond donors (Lipinski definition) is 1. The molecule has 1 atom stereocenters. The molecule has 0 aliphatic rings. The number of rotatable bonds is 6. The Balaban J connectivity index is 2.04. The molecule has 20 heavy (non-hydrogen) atoms. The second-order valence-corrected chi connectivity index (χ2v) is 4.66. The van der Waals surface area contributed by atoms with E-state index in [1.165, 1.54) is 12.4 Å². The summed E-state index contributed by atoms with van der Waals surface area (Å²) in [6.45, 7) is 4.86. The zero-order valence-electron chi connectivity index (χ0n) is 11.7. The lowest BCUT2D eigenvalue weighted by Crippen LogP contribution is -2.09. The molecule has 1 heterocycles. The van der Waals surface area contributed by atoms with Crippen LogP contribution in [0.15, 0.2) is 24.5 Å². The zero-order valence-corrected chi connectivity index (χ0v) is 11.7. The molecular formula is C14H19FN4O. The smallest absolute Gasteiger partial charge is 0.164 e. The molecule has 5 nitrogen and oxygen atoms in total. The first-order chi connectivity index (χ1) is 9.61. The van der Waals surface area contributed by atoms with Crippen LogP contribution in [0.2, 0.25) is 0 Å². The third-order valence-corrected chi connectivity index (χ3v) is 2.96. The Kier molecular flexibility index (Phi) is 4.68. The van der Waals surface area contributed by atoms with Crippen molar-refractivity contribution in [1.29, 1.82) is 0 Å². The number of nitrogens with two attached hydrogens (primary N) is 1. The number of ether oxygens (including phenoxy) is 1. The maximum Gasteiger partial charge on any atom is 0.164 e. The molecule has 108 valence electrons. The monoisotopic (exact) mass is 278 g/mol. The minimum absolute atomic E-state index is 0.261. The van der Waals surface area contributed by atoms with E-state index in [4.69, 9.17) is 10.5 Å². The number of hydrogen-bond acceptors (Lipinski definition) is 4. The molecule has 1 aromatic carbocycles. The Labute approximate surface area is 117 Å². The van der Waals surface area contributed by atoms with Gasteiger partial charge in [0.05, 0.1) is 0 Å². The van der Waals surface area contributed by atoms with E-state index in [-0.39, 0.29) is 18.5 Å². The largest absolute Gasteiger partial charge is 0.486 e. The molecule has 0 amide bonds. The van der Waals surface area contributed by atoms with Crippen LogP contribution < -0.4 is 10.5 Å². The summed E-state index contributed by atoms with van der Waals surface area (Å²) in [4.78, 5) is 4.13. The van der Waals surface area contributed by atoms with Gasteiger partial charge in [0.2, 0.25) is 0 Å². The van der Waals surface area contributed by atoms with E-state index in [0.29, 0.717) is 11.3 Å². The minimum Gasteiger partial charge on any atom is -0.486 e. The molecule has 0 saturated carbocycles. The predicted octanol–water partition coefficient (Wildman–Crippen LogP) is 2.43. The molecule has 2 rings (SSSR count). The van der Waals surface area contributed by atoms with Crippen LogP contribution in [0, 0.1) is 5.82 Å². The Morgan fingerprint density at radius 1 is 1.45 bits per heavy atom. The summed E-state index contributed by atoms with van der Waals surface area (Å²) in [6.07, 6.45) is 2.46. The Hall–Kier alpha value is -1.95. The summed E-state index contributed by atoms with van der Waals surface area (Å²) in [6, 6.07) is 4.37. The van der Waals surface area contributed by atoms with Crippen LogP contribution in [0.1, 0.15) is 37.7 Å². The van der Waals surface area contributed by atoms with Gasteiger partial charge in [-0.1, -0.05) is 13.0 Å². The molecule has 0 unspecified atom stereocenters. The van der Waals surface area contributed by atoms with Gasteiger partial charge in [0.1, 0.15) is 24.5 Å². The van der Waals surface area contributed by atoms with Crippen molar-refractivity contribution in [3.8, 4) is 5.75 Å². The van der Waals surface area contributed by atoms with E-state index in [1.54, 1.807) is 23.7 Å². The van der Waals surface area contributed by atoms with Gasteiger partial charge in [-0.05, 0) is 19.4 Å². The molecule has 0 aliphatic carbocycles. The van der Waals surface area contributed by atoms with Gasteiger partial charge >= 0.3 is 0 Å². The topological polar surface area (TPSA) is 66.0 Å². The fourth-order valence-corrected chi connectivity index (χ4v) is 1.91. The lowest BCUT2D eigenvalue weighted by molar-refractivity contribution is 0.284. The van der Waals surface area contributed by atoms with Gasteiger partial charge in [0.15, 0.2) is 5.82 Å². The summed E-state index contributed by atoms with van der Waals surface area (Å²) in [5.74, 6) is 0.828. The third-order valence-electron chi connectivity index (χ3n) is 2.96. The second kappa shape index (κ2) is 6.47. The first-order valence-corrected chi connectivity index (χ1v) is 6.66. The molecule has 2 N–H and O–H groups in total. The van der Waals surface area contributed by atoms with Crippen LogP contribution >= 0.6 is 0 Å². The lowest BCUT2D eigenvalue weighted by atomic mass is 10.1. The van der Waals surface area contributed by atoms with Crippen molar-refractivity contribution in [1.82, 2.24) is 14.8 Å². The number of halogens is 1. The van der Waals surface area contributed by atoms with Gasteiger partial charge in [-0.25, -0.2) is 14.1 Å². The molecule has 0 aliphatic heterocycles. The average Bonchev–Trinajstić information content (AvgIpc) is 2.84. The highest BCUT2D eigenvalue weighted by Gasteiger charge is 2.09. The van der Waals surface area contributed by atoms with Crippen LogP contribution in [-0.4, -0.2) is 14.8 Å². The fraction of sp³-hybridized carbons (Fsp3) is 0.429. The Morgan fingerprint density at radius 3 is 2.90 bits per heavy atom. The zero-order chi connectivity index (χ0) is 14.5. The molecule has 0 bridgehead atoms. The Morgan fingerprint density at radius 2 is 2.25 bits per heavy atom. The quantitative estimate of drug-likeness (QED) is 0.881. The van der Waals surface area contributed by atoms with E-state index in [9.17, 15) is 4.39 Å². The number of aromatic nitrogens is 3. The van der Waals surface area contributed by atoms with Crippen LogP contribution in [0.5, 0.6) is 5.75 Å². The highest BCUT2D eigenvalue weighted by Crippen LogP contribution is 2.21. The molecule has 0 radical (unpaired) electrons. The first-order valence-electron chi connectivity index (χ1n) is 6.66. The highest BCUT2D eigenvalue weighted by atomic mass is 19.1. The lowest BCUT2D eigenvalue weighted by Gasteiger charge is -2.10. The summed E-state index contributed by atoms with van der Waals surface area (Å²) in [5.41, 5.74) is 6.14. The number of benzene rings is 1. The summed E-state index contributed by atoms with van der Waals surface area (Å²) >= 11 is 0. The molecule has 1 aromatic heterocycles. The summed E-state index contributed by atoms with van der Waals surface area (Å²) in [5, 5.41) is 4.11. The van der Waals surface area contributed by atoms with Crippen LogP contribution in [0.3, 0.4) is 0 Å². The highest BCUT2D eigenvalue weighted by molar-refractivity contribution is 5.30. The van der Waals surface area contributed by atoms with Crippen molar-refractivity contribution in [3.63, 3.8) is 0 Å². The van der Waals surface area contributed by atoms with Crippen molar-refractivity contribution in [2.24, 2.45) is 5.73 Å². The Bertz CT molecular complexity index is 568. The summed E-state index contributed by atoms with van der Waals surface area (Å²) < 4.78 is 21.1. The van der Waals surface area contributed by atoms with Crippen molar-refractivity contribution in [2.45, 2.75) is 39.5 Å². The van der Waals surface area contributed by atoms with Crippen molar-refractivity contribution in [2.75, 3.05) is 0 Å². The number of nitrogens with zero attached hydrogens (tertiary/aromatic N) is 3. The van der Waals surface area contributed by atoms with Gasteiger partial charge in [-0.3, -0.25) is 0 Å². The van der Waals surface area contributed by atoms with E-state index in [1.807, 2.05) is 0 Å². The van der Waals surface area contributed by atoms with Crippen molar-refractivity contribution in [3.05, 3.63) is 41.7 Å². The predicted molar refractivity (Wildman–Crippen MR) is 73.6 cm³/mol. The molecule has 6 heteroatoms. The minimum atomic E-state index is -0.354. The van der Waals surface area contributed by atoms with E-state index in [2.05, 4.69) is 17.0 Å². The molecule has 0 fully saturated rings. The molecule has 2 aromatic rings. The van der Waals surface area contributed by atoms with E-state index in [0.717, 1.165) is 18.8 Å². The number of aryl methyl sites for hydroxylation is 1. The van der Waals surface area contributed by atoms with Gasteiger partial charge in [0.25, 0.3) is 0 Å². The summed E-state index contributed by atoms with van der Waals surface area (Å²) in [7, 11) is 0. The van der Waals surface area contributed by atoms with Crippen molar-refractivity contribution < 1.29 is 9.13 Å².